The molecule has 3 aromatic rings. The number of benzene rings is 1. The lowest BCUT2D eigenvalue weighted by atomic mass is 10.1. The number of nitrogens with zero attached hydrogens (tertiary/aromatic N) is 3. The van der Waals surface area contributed by atoms with Crippen LogP contribution in [-0.2, 0) is 11.2 Å². The molecular formula is C17H15N3O3S. The molecule has 24 heavy (non-hydrogen) atoms. The molecule has 0 saturated carbocycles. The molecule has 1 aliphatic rings. The number of thioether (sulfide) groups is 1. The number of rotatable bonds is 4. The molecule has 0 N–H and O–H groups in total. The summed E-state index contributed by atoms with van der Waals surface area (Å²) in [6.45, 7) is 2.06. The molecule has 0 aliphatic carbocycles. The molecule has 1 aliphatic heterocycles. The number of hydrogen-bond acceptors (Lipinski definition) is 6. The number of aromatic nitrogens is 2. The molecule has 0 fully saturated rings. The van der Waals surface area contributed by atoms with Gasteiger partial charge in [0.1, 0.15) is 0 Å². The Morgan fingerprint density at radius 3 is 3.00 bits per heavy atom. The molecule has 4 rings (SSSR count). The summed E-state index contributed by atoms with van der Waals surface area (Å²) in [6.07, 6.45) is 2.43. The standard InChI is InChI=1S/C17H15N3O3S/c1-11-9-12-5-2-3-6-13(12)20(11)15(21)10-24-17-19-18-16(23-17)14-7-4-8-22-14/h2-8,11H,9-10H2,1H3/t11-/m1/s1. The maximum atomic E-state index is 12.6. The normalized spacial score (nSPS) is 16.4. The first kappa shape index (κ1) is 15.0. The summed E-state index contributed by atoms with van der Waals surface area (Å²) in [5, 5.41) is 8.23. The molecule has 7 heteroatoms. The summed E-state index contributed by atoms with van der Waals surface area (Å²) >= 11 is 1.24. The maximum absolute atomic E-state index is 12.6. The number of para-hydroxylation sites is 1. The molecular weight excluding hydrogens is 326 g/mol. The van der Waals surface area contributed by atoms with Crippen LogP contribution in [0, 0.1) is 0 Å². The fraction of sp³-hybridized carbons (Fsp3) is 0.235. The van der Waals surface area contributed by atoms with Crippen LogP contribution in [0.5, 0.6) is 0 Å². The number of anilines is 1. The maximum Gasteiger partial charge on any atom is 0.284 e. The van der Waals surface area contributed by atoms with Gasteiger partial charge in [-0.15, -0.1) is 10.2 Å². The smallest absolute Gasteiger partial charge is 0.284 e. The average Bonchev–Trinajstić information content (AvgIpc) is 3.31. The Morgan fingerprint density at radius 1 is 1.29 bits per heavy atom. The third-order valence-corrected chi connectivity index (χ3v) is 4.74. The van der Waals surface area contributed by atoms with E-state index in [2.05, 4.69) is 23.2 Å². The zero-order valence-electron chi connectivity index (χ0n) is 13.0. The van der Waals surface area contributed by atoms with Gasteiger partial charge in [0.25, 0.3) is 11.1 Å². The van der Waals surface area contributed by atoms with Crippen LogP contribution in [0.1, 0.15) is 12.5 Å². The van der Waals surface area contributed by atoms with Gasteiger partial charge in [-0.2, -0.15) is 0 Å². The van der Waals surface area contributed by atoms with Crippen LogP contribution in [0.3, 0.4) is 0 Å². The van der Waals surface area contributed by atoms with Crippen LogP contribution in [0.15, 0.2) is 56.7 Å². The summed E-state index contributed by atoms with van der Waals surface area (Å²) < 4.78 is 10.7. The van der Waals surface area contributed by atoms with E-state index < -0.39 is 0 Å². The van der Waals surface area contributed by atoms with E-state index in [-0.39, 0.29) is 17.7 Å². The van der Waals surface area contributed by atoms with Gasteiger partial charge in [-0.3, -0.25) is 4.79 Å². The lowest BCUT2D eigenvalue weighted by Gasteiger charge is -2.22. The summed E-state index contributed by atoms with van der Waals surface area (Å²) in [5.74, 6) is 1.12. The minimum Gasteiger partial charge on any atom is -0.459 e. The second-order valence-electron chi connectivity index (χ2n) is 5.58. The van der Waals surface area contributed by atoms with Crippen molar-refractivity contribution in [3.63, 3.8) is 0 Å². The van der Waals surface area contributed by atoms with E-state index in [0.717, 1.165) is 12.1 Å². The van der Waals surface area contributed by atoms with Crippen LogP contribution in [0.2, 0.25) is 0 Å². The van der Waals surface area contributed by atoms with Gasteiger partial charge in [0, 0.05) is 11.7 Å². The molecule has 0 radical (unpaired) electrons. The van der Waals surface area contributed by atoms with E-state index in [4.69, 9.17) is 8.83 Å². The Bertz CT molecular complexity index is 860. The Morgan fingerprint density at radius 2 is 2.17 bits per heavy atom. The van der Waals surface area contributed by atoms with E-state index in [1.165, 1.54) is 17.3 Å². The predicted molar refractivity (Wildman–Crippen MR) is 89.8 cm³/mol. The molecule has 0 bridgehead atoms. The Kier molecular flexibility index (Phi) is 3.86. The van der Waals surface area contributed by atoms with Gasteiger partial charge in [-0.25, -0.2) is 0 Å². The largest absolute Gasteiger partial charge is 0.459 e. The van der Waals surface area contributed by atoms with Crippen molar-refractivity contribution < 1.29 is 13.6 Å². The van der Waals surface area contributed by atoms with E-state index in [1.54, 1.807) is 18.4 Å². The van der Waals surface area contributed by atoms with E-state index in [9.17, 15) is 4.79 Å². The third-order valence-electron chi connectivity index (χ3n) is 3.93. The van der Waals surface area contributed by atoms with Gasteiger partial charge < -0.3 is 13.7 Å². The highest BCUT2D eigenvalue weighted by Gasteiger charge is 2.30. The van der Waals surface area contributed by atoms with Gasteiger partial charge in [-0.05, 0) is 37.1 Å². The summed E-state index contributed by atoms with van der Waals surface area (Å²) in [5.41, 5.74) is 2.21. The molecule has 2 aromatic heterocycles. The van der Waals surface area contributed by atoms with E-state index >= 15 is 0 Å². The van der Waals surface area contributed by atoms with Crippen LogP contribution in [0.4, 0.5) is 5.69 Å². The third kappa shape index (κ3) is 2.71. The number of carbonyl (C=O) groups excluding carboxylic acids is 1. The first-order valence-electron chi connectivity index (χ1n) is 7.62. The molecule has 3 heterocycles. The van der Waals surface area contributed by atoms with Crippen LogP contribution >= 0.6 is 11.8 Å². The summed E-state index contributed by atoms with van der Waals surface area (Å²) in [6, 6.07) is 11.7. The highest BCUT2D eigenvalue weighted by molar-refractivity contribution is 7.99. The van der Waals surface area contributed by atoms with Gasteiger partial charge in [0.05, 0.1) is 12.0 Å². The Labute approximate surface area is 142 Å². The van der Waals surface area contributed by atoms with Gasteiger partial charge in [0.2, 0.25) is 5.91 Å². The zero-order chi connectivity index (χ0) is 16.5. The van der Waals surface area contributed by atoms with E-state index in [0.29, 0.717) is 16.9 Å². The lowest BCUT2D eigenvalue weighted by molar-refractivity contribution is -0.116. The van der Waals surface area contributed by atoms with Crippen LogP contribution in [0.25, 0.3) is 11.7 Å². The molecule has 1 atom stereocenters. The minimum absolute atomic E-state index is 0.0372. The minimum atomic E-state index is 0.0372. The first-order chi connectivity index (χ1) is 11.7. The highest BCUT2D eigenvalue weighted by atomic mass is 32.2. The van der Waals surface area contributed by atoms with Gasteiger partial charge >= 0.3 is 0 Å². The molecule has 0 saturated heterocycles. The van der Waals surface area contributed by atoms with Crippen molar-refractivity contribution in [1.29, 1.82) is 0 Å². The van der Waals surface area contributed by atoms with E-state index in [1.807, 2.05) is 23.1 Å². The van der Waals surface area contributed by atoms with Crippen molar-refractivity contribution in [2.24, 2.45) is 0 Å². The summed E-state index contributed by atoms with van der Waals surface area (Å²) in [7, 11) is 0. The zero-order valence-corrected chi connectivity index (χ0v) is 13.8. The molecule has 6 nitrogen and oxygen atoms in total. The number of carbonyl (C=O) groups is 1. The molecule has 0 spiro atoms. The molecule has 0 unspecified atom stereocenters. The van der Waals surface area contributed by atoms with Gasteiger partial charge in [0.15, 0.2) is 5.76 Å². The van der Waals surface area contributed by atoms with Crippen molar-refractivity contribution >= 4 is 23.4 Å². The van der Waals surface area contributed by atoms with Crippen LogP contribution in [-0.4, -0.2) is 27.9 Å². The topological polar surface area (TPSA) is 72.4 Å². The van der Waals surface area contributed by atoms with Crippen molar-refractivity contribution in [2.45, 2.75) is 24.6 Å². The Balaban J connectivity index is 1.44. The lowest BCUT2D eigenvalue weighted by Crippen LogP contribution is -2.36. The second kappa shape index (κ2) is 6.16. The van der Waals surface area contributed by atoms with Crippen molar-refractivity contribution in [3.8, 4) is 11.7 Å². The SMILES string of the molecule is C[C@@H]1Cc2ccccc2N1C(=O)CSc1nnc(-c2ccco2)o1. The van der Waals surface area contributed by atoms with Crippen LogP contribution < -0.4 is 4.90 Å². The fourth-order valence-electron chi connectivity index (χ4n) is 2.91. The Hall–Kier alpha value is -2.54. The monoisotopic (exact) mass is 341 g/mol. The second-order valence-corrected chi connectivity index (χ2v) is 6.51. The average molecular weight is 341 g/mol. The quantitative estimate of drug-likeness (QED) is 0.677. The number of furan rings is 1. The highest BCUT2D eigenvalue weighted by Crippen LogP contribution is 2.33. The fourth-order valence-corrected chi connectivity index (χ4v) is 3.53. The number of hydrogen-bond donors (Lipinski definition) is 0. The first-order valence-corrected chi connectivity index (χ1v) is 8.61. The molecule has 1 amide bonds. The predicted octanol–water partition coefficient (Wildman–Crippen LogP) is 3.40. The van der Waals surface area contributed by atoms with Crippen molar-refractivity contribution in [1.82, 2.24) is 10.2 Å². The van der Waals surface area contributed by atoms with Crippen molar-refractivity contribution in [3.05, 3.63) is 48.2 Å². The van der Waals surface area contributed by atoms with Gasteiger partial charge in [-0.1, -0.05) is 30.0 Å². The van der Waals surface area contributed by atoms with Crippen molar-refractivity contribution in [2.75, 3.05) is 10.7 Å². The number of amides is 1. The molecule has 122 valence electrons. The summed E-state index contributed by atoms with van der Waals surface area (Å²) in [4.78, 5) is 14.5. The number of fused-ring (bicyclic) bond motifs is 1. The molecule has 1 aromatic carbocycles.